The molecule has 1 aromatic heterocycles. The molecule has 0 N–H and O–H groups in total. The molecule has 0 bridgehead atoms. The molecule has 1 amide bonds. The van der Waals surface area contributed by atoms with Crippen molar-refractivity contribution in [2.24, 2.45) is 0 Å². The number of aryl methyl sites for hydroxylation is 3. The van der Waals surface area contributed by atoms with Crippen LogP contribution in [0.25, 0.3) is 0 Å². The summed E-state index contributed by atoms with van der Waals surface area (Å²) in [4.78, 5) is 14.3. The van der Waals surface area contributed by atoms with Crippen molar-refractivity contribution in [2.75, 3.05) is 19.7 Å². The number of nitrogens with zero attached hydrogens (tertiary/aromatic N) is 3. The molecule has 1 aliphatic rings. The SMILES string of the molecule is CCN(C[C@@H]1CCCO1)C(=O)CCc1nnc(CCCc2ccccc2)o1. The molecule has 1 aromatic carbocycles. The van der Waals surface area contributed by atoms with Gasteiger partial charge >= 0.3 is 0 Å². The van der Waals surface area contributed by atoms with Gasteiger partial charge in [-0.05, 0) is 38.2 Å². The highest BCUT2D eigenvalue weighted by atomic mass is 16.5. The summed E-state index contributed by atoms with van der Waals surface area (Å²) in [6.07, 6.45) is 5.93. The third kappa shape index (κ3) is 6.17. The van der Waals surface area contributed by atoms with Crippen LogP contribution in [0.4, 0.5) is 0 Å². The Morgan fingerprint density at radius 2 is 1.93 bits per heavy atom. The number of rotatable bonds is 10. The third-order valence-corrected chi connectivity index (χ3v) is 4.94. The number of likely N-dealkylation sites (N-methyl/N-ethyl adjacent to an activating group) is 1. The molecule has 6 heteroatoms. The van der Waals surface area contributed by atoms with Crippen LogP contribution in [0.2, 0.25) is 0 Å². The van der Waals surface area contributed by atoms with Gasteiger partial charge in [0.15, 0.2) is 0 Å². The fourth-order valence-corrected chi connectivity index (χ4v) is 3.39. The summed E-state index contributed by atoms with van der Waals surface area (Å²) in [5, 5.41) is 8.20. The molecule has 0 radical (unpaired) electrons. The van der Waals surface area contributed by atoms with Crippen molar-refractivity contribution in [3.8, 4) is 0 Å². The number of amides is 1. The van der Waals surface area contributed by atoms with Crippen LogP contribution in [-0.4, -0.2) is 46.8 Å². The zero-order valence-corrected chi connectivity index (χ0v) is 16.1. The first kappa shape index (κ1) is 19.5. The number of benzene rings is 1. The summed E-state index contributed by atoms with van der Waals surface area (Å²) in [6.45, 7) is 4.20. The molecule has 27 heavy (non-hydrogen) atoms. The van der Waals surface area contributed by atoms with Gasteiger partial charge < -0.3 is 14.1 Å². The minimum atomic E-state index is 0.122. The van der Waals surface area contributed by atoms with E-state index in [1.165, 1.54) is 5.56 Å². The van der Waals surface area contributed by atoms with Crippen molar-refractivity contribution in [2.45, 2.75) is 58.0 Å². The molecule has 0 unspecified atom stereocenters. The van der Waals surface area contributed by atoms with Crippen molar-refractivity contribution in [1.82, 2.24) is 15.1 Å². The highest BCUT2D eigenvalue weighted by molar-refractivity contribution is 5.76. The minimum Gasteiger partial charge on any atom is -0.425 e. The quantitative estimate of drug-likeness (QED) is 0.641. The van der Waals surface area contributed by atoms with Gasteiger partial charge in [-0.25, -0.2) is 0 Å². The van der Waals surface area contributed by atoms with Crippen LogP contribution in [0, 0.1) is 0 Å². The molecule has 2 heterocycles. The molecular formula is C21H29N3O3. The molecule has 0 saturated carbocycles. The Kier molecular flexibility index (Phi) is 7.39. The average molecular weight is 371 g/mol. The van der Waals surface area contributed by atoms with E-state index in [9.17, 15) is 4.79 Å². The standard InChI is InChI=1S/C21H29N3O3/c1-2-24(16-18-11-7-15-26-18)21(25)14-13-20-23-22-19(27-20)12-6-10-17-8-4-3-5-9-17/h3-5,8-9,18H,2,6-7,10-16H2,1H3/t18-/m0/s1. The van der Waals surface area contributed by atoms with Crippen molar-refractivity contribution >= 4 is 5.91 Å². The molecule has 1 atom stereocenters. The predicted molar refractivity (Wildman–Crippen MR) is 102 cm³/mol. The van der Waals surface area contributed by atoms with E-state index >= 15 is 0 Å². The van der Waals surface area contributed by atoms with Crippen LogP contribution in [0.3, 0.4) is 0 Å². The number of hydrogen-bond donors (Lipinski definition) is 0. The maximum absolute atomic E-state index is 12.5. The second-order valence-corrected chi connectivity index (χ2v) is 7.00. The average Bonchev–Trinajstić information content (AvgIpc) is 3.37. The largest absolute Gasteiger partial charge is 0.425 e. The summed E-state index contributed by atoms with van der Waals surface area (Å²) in [5.41, 5.74) is 1.31. The Labute approximate surface area is 160 Å². The lowest BCUT2D eigenvalue weighted by Crippen LogP contribution is -2.37. The topological polar surface area (TPSA) is 68.5 Å². The molecule has 1 aliphatic heterocycles. The fraction of sp³-hybridized carbons (Fsp3) is 0.571. The fourth-order valence-electron chi connectivity index (χ4n) is 3.39. The van der Waals surface area contributed by atoms with Gasteiger partial charge in [0.05, 0.1) is 6.10 Å². The van der Waals surface area contributed by atoms with E-state index in [2.05, 4.69) is 34.5 Å². The third-order valence-electron chi connectivity index (χ3n) is 4.94. The van der Waals surface area contributed by atoms with Crippen LogP contribution in [0.15, 0.2) is 34.7 Å². The zero-order chi connectivity index (χ0) is 18.9. The van der Waals surface area contributed by atoms with Gasteiger partial charge in [0, 0.05) is 39.0 Å². The maximum atomic E-state index is 12.5. The molecule has 0 aliphatic carbocycles. The number of carbonyl (C=O) groups excluding carboxylic acids is 1. The highest BCUT2D eigenvalue weighted by Crippen LogP contribution is 2.14. The first-order valence-electron chi connectivity index (χ1n) is 9.99. The first-order valence-corrected chi connectivity index (χ1v) is 9.99. The van der Waals surface area contributed by atoms with Crippen LogP contribution >= 0.6 is 0 Å². The van der Waals surface area contributed by atoms with Crippen LogP contribution in [0.5, 0.6) is 0 Å². The van der Waals surface area contributed by atoms with Crippen LogP contribution in [-0.2, 0) is 28.8 Å². The summed E-state index contributed by atoms with van der Waals surface area (Å²) in [5.74, 6) is 1.32. The Hall–Kier alpha value is -2.21. The lowest BCUT2D eigenvalue weighted by Gasteiger charge is -2.23. The van der Waals surface area contributed by atoms with Crippen LogP contribution < -0.4 is 0 Å². The van der Waals surface area contributed by atoms with E-state index in [4.69, 9.17) is 9.15 Å². The summed E-state index contributed by atoms with van der Waals surface area (Å²) in [7, 11) is 0. The van der Waals surface area contributed by atoms with E-state index in [1.807, 2.05) is 17.9 Å². The maximum Gasteiger partial charge on any atom is 0.223 e. The molecule has 0 spiro atoms. The molecule has 2 aromatic rings. The van der Waals surface area contributed by atoms with Crippen molar-refractivity contribution in [3.63, 3.8) is 0 Å². The van der Waals surface area contributed by atoms with E-state index in [-0.39, 0.29) is 12.0 Å². The van der Waals surface area contributed by atoms with E-state index in [1.54, 1.807) is 0 Å². The zero-order valence-electron chi connectivity index (χ0n) is 16.1. The van der Waals surface area contributed by atoms with Crippen molar-refractivity contribution < 1.29 is 13.9 Å². The number of aromatic nitrogens is 2. The molecular weight excluding hydrogens is 342 g/mol. The Bertz CT molecular complexity index is 696. The second kappa shape index (κ2) is 10.2. The number of ether oxygens (including phenoxy) is 1. The first-order chi connectivity index (χ1) is 13.2. The summed E-state index contributed by atoms with van der Waals surface area (Å²) < 4.78 is 11.3. The summed E-state index contributed by atoms with van der Waals surface area (Å²) >= 11 is 0. The Morgan fingerprint density at radius 3 is 2.63 bits per heavy atom. The molecule has 146 valence electrons. The second-order valence-electron chi connectivity index (χ2n) is 7.00. The van der Waals surface area contributed by atoms with Gasteiger partial charge in [-0.2, -0.15) is 0 Å². The molecule has 1 saturated heterocycles. The van der Waals surface area contributed by atoms with Crippen molar-refractivity contribution in [3.05, 3.63) is 47.7 Å². The van der Waals surface area contributed by atoms with E-state index in [0.29, 0.717) is 37.7 Å². The Balaban J connectivity index is 1.39. The monoisotopic (exact) mass is 371 g/mol. The number of hydrogen-bond acceptors (Lipinski definition) is 5. The van der Waals surface area contributed by atoms with Gasteiger partial charge in [0.25, 0.3) is 0 Å². The predicted octanol–water partition coefficient (Wildman–Crippen LogP) is 3.21. The van der Waals surface area contributed by atoms with Gasteiger partial charge in [0.2, 0.25) is 17.7 Å². The van der Waals surface area contributed by atoms with Gasteiger partial charge in [-0.15, -0.1) is 10.2 Å². The molecule has 3 rings (SSSR count). The minimum absolute atomic E-state index is 0.122. The van der Waals surface area contributed by atoms with Crippen LogP contribution in [0.1, 0.15) is 50.0 Å². The van der Waals surface area contributed by atoms with Gasteiger partial charge in [-0.3, -0.25) is 4.79 Å². The smallest absolute Gasteiger partial charge is 0.223 e. The van der Waals surface area contributed by atoms with E-state index < -0.39 is 0 Å². The lowest BCUT2D eigenvalue weighted by atomic mass is 10.1. The van der Waals surface area contributed by atoms with Gasteiger partial charge in [0.1, 0.15) is 0 Å². The summed E-state index contributed by atoms with van der Waals surface area (Å²) in [6, 6.07) is 10.4. The van der Waals surface area contributed by atoms with Crippen molar-refractivity contribution in [1.29, 1.82) is 0 Å². The lowest BCUT2D eigenvalue weighted by molar-refractivity contribution is -0.132. The van der Waals surface area contributed by atoms with Gasteiger partial charge in [-0.1, -0.05) is 30.3 Å². The molecule has 1 fully saturated rings. The molecule has 6 nitrogen and oxygen atoms in total. The highest BCUT2D eigenvalue weighted by Gasteiger charge is 2.21. The van der Waals surface area contributed by atoms with E-state index in [0.717, 1.165) is 38.7 Å². The normalized spacial score (nSPS) is 16.6. The Morgan fingerprint density at radius 1 is 1.15 bits per heavy atom. The number of carbonyl (C=O) groups is 1.